The van der Waals surface area contributed by atoms with E-state index >= 15 is 0 Å². The van der Waals surface area contributed by atoms with Gasteiger partial charge in [0.05, 0.1) is 17.0 Å². The van der Waals surface area contributed by atoms with Crippen molar-refractivity contribution in [2.75, 3.05) is 0 Å². The Kier molecular flexibility index (Phi) is 5.15. The summed E-state index contributed by atoms with van der Waals surface area (Å²) in [5.74, 6) is 0.0840. The summed E-state index contributed by atoms with van der Waals surface area (Å²) < 4.78 is 7.10. The minimum absolute atomic E-state index is 0.379. The smallest absolute Gasteiger partial charge is 0.308 e. The van der Waals surface area contributed by atoms with Gasteiger partial charge in [0, 0.05) is 41.2 Å². The second-order valence-corrected chi connectivity index (χ2v) is 10.3. The van der Waals surface area contributed by atoms with E-state index in [2.05, 4.69) is 10.1 Å². The number of aryl methyl sites for hydroxylation is 1. The van der Waals surface area contributed by atoms with Gasteiger partial charge in [-0.05, 0) is 56.0 Å². The first-order valence-corrected chi connectivity index (χ1v) is 12.2. The number of pyridine rings is 1. The molecule has 0 spiro atoms. The average Bonchev–Trinajstić information content (AvgIpc) is 3.22. The third-order valence-electron chi connectivity index (χ3n) is 6.91. The summed E-state index contributed by atoms with van der Waals surface area (Å²) in [4.78, 5) is 21.2. The van der Waals surface area contributed by atoms with Gasteiger partial charge in [0.1, 0.15) is 5.75 Å². The molecule has 5 aromatic rings. The van der Waals surface area contributed by atoms with Crippen molar-refractivity contribution in [3.8, 4) is 28.1 Å². The molecule has 1 saturated carbocycles. The van der Waals surface area contributed by atoms with Crippen LogP contribution in [0.5, 0.6) is 5.75 Å². The number of carbonyl (C=O) groups excluding carboxylic acids is 1. The number of aliphatic hydroxyl groups is 1. The second-order valence-electron chi connectivity index (χ2n) is 10.3. The molecule has 3 heterocycles. The van der Waals surface area contributed by atoms with Gasteiger partial charge < -0.3 is 15.6 Å². The third-order valence-corrected chi connectivity index (χ3v) is 6.91. The Morgan fingerprint density at radius 1 is 1.08 bits per heavy atom. The Morgan fingerprint density at radius 3 is 2.54 bits per heavy atom. The van der Waals surface area contributed by atoms with Gasteiger partial charge >= 0.3 is 5.97 Å². The van der Waals surface area contributed by atoms with Crippen LogP contribution in [0.25, 0.3) is 39.1 Å². The molecule has 0 radical (unpaired) electrons. The molecule has 0 amide bonds. The molecule has 1 fully saturated rings. The zero-order valence-corrected chi connectivity index (χ0v) is 20.9. The van der Waals surface area contributed by atoms with E-state index in [9.17, 15) is 9.90 Å². The van der Waals surface area contributed by atoms with Crippen LogP contribution < -0.4 is 10.5 Å². The van der Waals surface area contributed by atoms with E-state index in [0.29, 0.717) is 24.2 Å². The summed E-state index contributed by atoms with van der Waals surface area (Å²) in [7, 11) is 0. The maximum Gasteiger partial charge on any atom is 0.308 e. The number of hydrogen-bond donors (Lipinski definition) is 2. The maximum atomic E-state index is 11.6. The predicted octanol–water partition coefficient (Wildman–Crippen LogP) is 4.54. The lowest BCUT2D eigenvalue weighted by molar-refractivity contribution is -0.131. The van der Waals surface area contributed by atoms with E-state index in [1.807, 2.05) is 68.4 Å². The van der Waals surface area contributed by atoms with Gasteiger partial charge in [-0.2, -0.15) is 9.61 Å². The third kappa shape index (κ3) is 4.14. The standard InChI is InChI=1S/C29H27N5O3/c1-17-11-25-31-14-21-13-24(20-5-4-6-23(12-20)37-18(2)35)26(32-27(21)34(25)33-17)19-7-9-22(10-8-19)29(30)15-28(3,36)16-29/h4-14,36H,15-16,30H2,1-3H3/t28-,29-. The SMILES string of the molecule is CC(=O)Oc1cccc(-c2cc3cnc4cc(C)nn4c3nc2-c2ccc([C@]3(N)C[C@](C)(O)C3)cc2)c1. The molecule has 0 aliphatic heterocycles. The Hall–Kier alpha value is -4.14. The van der Waals surface area contributed by atoms with Crippen LogP contribution in [0.3, 0.4) is 0 Å². The minimum Gasteiger partial charge on any atom is -0.427 e. The highest BCUT2D eigenvalue weighted by Gasteiger charge is 2.49. The second kappa shape index (κ2) is 8.19. The van der Waals surface area contributed by atoms with Crippen molar-refractivity contribution in [2.45, 2.75) is 44.8 Å². The van der Waals surface area contributed by atoms with Gasteiger partial charge in [0.25, 0.3) is 0 Å². The molecule has 8 nitrogen and oxygen atoms in total. The number of benzene rings is 2. The molecule has 6 rings (SSSR count). The molecule has 8 heteroatoms. The fourth-order valence-corrected chi connectivity index (χ4v) is 5.46. The Bertz CT molecular complexity index is 1680. The fourth-order valence-electron chi connectivity index (χ4n) is 5.46. The minimum atomic E-state index is -0.727. The van der Waals surface area contributed by atoms with Gasteiger partial charge in [0.15, 0.2) is 11.3 Å². The largest absolute Gasteiger partial charge is 0.427 e. The Balaban J connectivity index is 1.52. The first kappa shape index (κ1) is 23.3. The Morgan fingerprint density at radius 2 is 1.84 bits per heavy atom. The number of nitrogens with zero attached hydrogens (tertiary/aromatic N) is 4. The van der Waals surface area contributed by atoms with Crippen LogP contribution in [-0.4, -0.2) is 36.3 Å². The predicted molar refractivity (Wildman–Crippen MR) is 141 cm³/mol. The van der Waals surface area contributed by atoms with Crippen LogP contribution in [0.15, 0.2) is 66.9 Å². The molecule has 1 aliphatic rings. The number of rotatable bonds is 4. The number of nitrogens with two attached hydrogens (primary N) is 1. The fraction of sp³-hybridized carbons (Fsp3) is 0.241. The summed E-state index contributed by atoms with van der Waals surface area (Å²) in [5.41, 5.74) is 12.0. The zero-order chi connectivity index (χ0) is 25.9. The van der Waals surface area contributed by atoms with E-state index in [0.717, 1.165) is 44.7 Å². The summed E-state index contributed by atoms with van der Waals surface area (Å²) >= 11 is 0. The first-order chi connectivity index (χ1) is 17.6. The van der Waals surface area contributed by atoms with E-state index in [-0.39, 0.29) is 5.97 Å². The molecule has 0 atom stereocenters. The first-order valence-electron chi connectivity index (χ1n) is 12.2. The molecular formula is C29H27N5O3. The summed E-state index contributed by atoms with van der Waals surface area (Å²) in [6, 6.07) is 19.4. The molecule has 3 N–H and O–H groups in total. The summed E-state index contributed by atoms with van der Waals surface area (Å²) in [6.07, 6.45) is 2.84. The highest BCUT2D eigenvalue weighted by molar-refractivity contribution is 5.91. The molecule has 37 heavy (non-hydrogen) atoms. The van der Waals surface area contributed by atoms with Crippen molar-refractivity contribution in [3.05, 3.63) is 78.1 Å². The van der Waals surface area contributed by atoms with Crippen molar-refractivity contribution in [1.82, 2.24) is 19.6 Å². The van der Waals surface area contributed by atoms with Crippen LogP contribution in [0.2, 0.25) is 0 Å². The number of fused-ring (bicyclic) bond motifs is 3. The molecule has 186 valence electrons. The van der Waals surface area contributed by atoms with E-state index in [4.69, 9.17) is 15.5 Å². The number of esters is 1. The monoisotopic (exact) mass is 493 g/mol. The van der Waals surface area contributed by atoms with Crippen molar-refractivity contribution in [3.63, 3.8) is 0 Å². The van der Waals surface area contributed by atoms with Crippen molar-refractivity contribution >= 4 is 22.6 Å². The maximum absolute atomic E-state index is 11.6. The summed E-state index contributed by atoms with van der Waals surface area (Å²) in [6.45, 7) is 5.12. The van der Waals surface area contributed by atoms with Crippen molar-refractivity contribution < 1.29 is 14.6 Å². The van der Waals surface area contributed by atoms with E-state index in [1.165, 1.54) is 6.92 Å². The van der Waals surface area contributed by atoms with E-state index < -0.39 is 11.1 Å². The number of ether oxygens (including phenoxy) is 1. The quantitative estimate of drug-likeness (QED) is 0.279. The van der Waals surface area contributed by atoms with Crippen LogP contribution in [-0.2, 0) is 10.3 Å². The van der Waals surface area contributed by atoms with E-state index in [1.54, 1.807) is 16.8 Å². The van der Waals surface area contributed by atoms with Crippen LogP contribution >= 0.6 is 0 Å². The van der Waals surface area contributed by atoms with Crippen LogP contribution in [0.4, 0.5) is 0 Å². The molecule has 2 aromatic carbocycles. The number of hydrogen-bond acceptors (Lipinski definition) is 7. The number of carbonyl (C=O) groups is 1. The average molecular weight is 494 g/mol. The Labute approximate surface area is 213 Å². The highest BCUT2D eigenvalue weighted by atomic mass is 16.5. The normalized spacial score (nSPS) is 21.2. The lowest BCUT2D eigenvalue weighted by Crippen LogP contribution is -2.58. The lowest BCUT2D eigenvalue weighted by Gasteiger charge is -2.49. The molecule has 3 aromatic heterocycles. The van der Waals surface area contributed by atoms with Crippen LogP contribution in [0, 0.1) is 6.92 Å². The highest BCUT2D eigenvalue weighted by Crippen LogP contribution is 2.46. The molecular weight excluding hydrogens is 466 g/mol. The summed E-state index contributed by atoms with van der Waals surface area (Å²) in [5, 5.41) is 15.7. The van der Waals surface area contributed by atoms with Gasteiger partial charge in [-0.1, -0.05) is 36.4 Å². The van der Waals surface area contributed by atoms with Crippen LogP contribution in [0.1, 0.15) is 37.9 Å². The van der Waals surface area contributed by atoms with Crippen molar-refractivity contribution in [1.29, 1.82) is 0 Å². The lowest BCUT2D eigenvalue weighted by atomic mass is 9.63. The molecule has 0 bridgehead atoms. The van der Waals surface area contributed by atoms with Gasteiger partial charge in [-0.3, -0.25) is 4.79 Å². The van der Waals surface area contributed by atoms with Gasteiger partial charge in [-0.25, -0.2) is 9.97 Å². The zero-order valence-electron chi connectivity index (χ0n) is 20.9. The number of aromatic nitrogens is 4. The van der Waals surface area contributed by atoms with Crippen molar-refractivity contribution in [2.24, 2.45) is 5.73 Å². The molecule has 0 saturated heterocycles. The molecule has 0 unspecified atom stereocenters. The topological polar surface area (TPSA) is 116 Å². The van der Waals surface area contributed by atoms with Gasteiger partial charge in [-0.15, -0.1) is 0 Å². The molecule has 1 aliphatic carbocycles. The van der Waals surface area contributed by atoms with Gasteiger partial charge in [0.2, 0.25) is 0 Å².